The fourth-order valence-corrected chi connectivity index (χ4v) is 4.30. The van der Waals surface area contributed by atoms with E-state index in [-0.39, 0.29) is 16.7 Å². The lowest BCUT2D eigenvalue weighted by atomic mass is 10.0. The van der Waals surface area contributed by atoms with E-state index in [9.17, 15) is 13.2 Å². The SMILES string of the molecule is Cc1ccc(NS(=O)(=O)c2ccc(C(=O)NC(c3nc(C4CC4)no3)C(C)C)cc2)cc1. The Balaban J connectivity index is 1.46. The van der Waals surface area contributed by atoms with E-state index in [0.717, 1.165) is 18.4 Å². The number of carbonyl (C=O) groups excluding carboxylic acids is 1. The number of benzene rings is 2. The Bertz CT molecular complexity index is 1200. The van der Waals surface area contributed by atoms with Crippen LogP contribution in [-0.2, 0) is 10.0 Å². The van der Waals surface area contributed by atoms with Crippen LogP contribution in [0.25, 0.3) is 0 Å². The Kier molecular flexibility index (Phi) is 6.01. The Hall–Kier alpha value is -3.20. The van der Waals surface area contributed by atoms with Gasteiger partial charge in [0.05, 0.1) is 4.90 Å². The third-order valence-corrected chi connectivity index (χ3v) is 6.75. The fraction of sp³-hybridized carbons (Fsp3) is 0.348. The molecule has 1 fully saturated rings. The normalized spacial score (nSPS) is 14.9. The largest absolute Gasteiger partial charge is 0.340 e. The first-order chi connectivity index (χ1) is 15.2. The summed E-state index contributed by atoms with van der Waals surface area (Å²) in [6.07, 6.45) is 2.12. The third-order valence-electron chi connectivity index (χ3n) is 5.35. The lowest BCUT2D eigenvalue weighted by Gasteiger charge is -2.18. The second kappa shape index (κ2) is 8.74. The van der Waals surface area contributed by atoms with Gasteiger partial charge in [-0.05, 0) is 62.1 Å². The molecule has 8 nitrogen and oxygen atoms in total. The van der Waals surface area contributed by atoms with Crippen LogP contribution in [0.15, 0.2) is 57.9 Å². The van der Waals surface area contributed by atoms with Crippen molar-refractivity contribution in [1.82, 2.24) is 15.5 Å². The van der Waals surface area contributed by atoms with Crippen LogP contribution < -0.4 is 10.0 Å². The quantitative estimate of drug-likeness (QED) is 0.528. The zero-order chi connectivity index (χ0) is 22.9. The summed E-state index contributed by atoms with van der Waals surface area (Å²) in [6.45, 7) is 5.84. The number of carbonyl (C=O) groups is 1. The predicted octanol–water partition coefficient (Wildman–Crippen LogP) is 4.18. The number of aromatic nitrogens is 2. The van der Waals surface area contributed by atoms with E-state index < -0.39 is 16.1 Å². The minimum Gasteiger partial charge on any atom is -0.340 e. The molecule has 1 unspecified atom stereocenters. The summed E-state index contributed by atoms with van der Waals surface area (Å²) in [5.41, 5.74) is 1.85. The maximum absolute atomic E-state index is 12.8. The van der Waals surface area contributed by atoms with Crippen LogP contribution in [0.2, 0.25) is 0 Å². The summed E-state index contributed by atoms with van der Waals surface area (Å²) < 4.78 is 33.2. The van der Waals surface area contributed by atoms with Crippen molar-refractivity contribution in [2.45, 2.75) is 50.5 Å². The molecule has 2 aromatic carbocycles. The van der Waals surface area contributed by atoms with Crippen molar-refractivity contribution >= 4 is 21.6 Å². The molecule has 1 atom stereocenters. The smallest absolute Gasteiger partial charge is 0.261 e. The van der Waals surface area contributed by atoms with Crippen LogP contribution in [0, 0.1) is 12.8 Å². The van der Waals surface area contributed by atoms with Gasteiger partial charge in [-0.25, -0.2) is 8.42 Å². The summed E-state index contributed by atoms with van der Waals surface area (Å²) in [7, 11) is -3.76. The zero-order valence-corrected chi connectivity index (χ0v) is 19.0. The average Bonchev–Trinajstić information content (AvgIpc) is 3.50. The van der Waals surface area contributed by atoms with E-state index in [4.69, 9.17) is 4.52 Å². The zero-order valence-electron chi connectivity index (χ0n) is 18.2. The van der Waals surface area contributed by atoms with E-state index in [0.29, 0.717) is 28.9 Å². The molecular formula is C23H26N4O4S. The van der Waals surface area contributed by atoms with E-state index in [1.807, 2.05) is 32.9 Å². The molecule has 0 aliphatic heterocycles. The van der Waals surface area contributed by atoms with Crippen LogP contribution in [-0.4, -0.2) is 24.5 Å². The van der Waals surface area contributed by atoms with Crippen molar-refractivity contribution in [1.29, 1.82) is 0 Å². The van der Waals surface area contributed by atoms with Crippen LogP contribution in [0.3, 0.4) is 0 Å². The van der Waals surface area contributed by atoms with Crippen molar-refractivity contribution in [3.63, 3.8) is 0 Å². The number of hydrogen-bond acceptors (Lipinski definition) is 6. The Morgan fingerprint density at radius 1 is 1.06 bits per heavy atom. The maximum Gasteiger partial charge on any atom is 0.261 e. The van der Waals surface area contributed by atoms with Crippen molar-refractivity contribution in [3.8, 4) is 0 Å². The first-order valence-electron chi connectivity index (χ1n) is 10.6. The second-order valence-corrected chi connectivity index (χ2v) is 10.1. The molecule has 1 saturated carbocycles. The topological polar surface area (TPSA) is 114 Å². The molecule has 4 rings (SSSR count). The van der Waals surface area contributed by atoms with Gasteiger partial charge >= 0.3 is 0 Å². The van der Waals surface area contributed by atoms with E-state index in [1.54, 1.807) is 12.1 Å². The predicted molar refractivity (Wildman–Crippen MR) is 120 cm³/mol. The van der Waals surface area contributed by atoms with Crippen molar-refractivity contribution < 1.29 is 17.7 Å². The van der Waals surface area contributed by atoms with E-state index in [1.165, 1.54) is 24.3 Å². The number of nitrogens with one attached hydrogen (secondary N) is 2. The highest BCUT2D eigenvalue weighted by Gasteiger charge is 2.31. The van der Waals surface area contributed by atoms with Gasteiger partial charge in [-0.2, -0.15) is 4.98 Å². The van der Waals surface area contributed by atoms with Crippen LogP contribution in [0.5, 0.6) is 0 Å². The number of amides is 1. The molecular weight excluding hydrogens is 428 g/mol. The van der Waals surface area contributed by atoms with Gasteiger partial charge in [0.15, 0.2) is 5.82 Å². The molecule has 0 radical (unpaired) electrons. The number of sulfonamides is 1. The van der Waals surface area contributed by atoms with Gasteiger partial charge in [-0.3, -0.25) is 9.52 Å². The van der Waals surface area contributed by atoms with Crippen molar-refractivity contribution in [3.05, 3.63) is 71.4 Å². The second-order valence-electron chi connectivity index (χ2n) is 8.46. The number of aryl methyl sites for hydroxylation is 1. The molecule has 9 heteroatoms. The minimum absolute atomic E-state index is 0.0322. The van der Waals surface area contributed by atoms with Crippen molar-refractivity contribution in [2.75, 3.05) is 4.72 Å². The molecule has 1 amide bonds. The number of rotatable bonds is 8. The standard InChI is InChI=1S/C23H26N4O4S/c1-14(2)20(23-25-21(26-31-23)16-6-7-16)24-22(28)17-8-12-19(13-9-17)32(29,30)27-18-10-4-15(3)5-11-18/h4-5,8-14,16,20,27H,6-7H2,1-3H3,(H,24,28). The summed E-state index contributed by atoms with van der Waals surface area (Å²) in [5.74, 6) is 1.13. The molecule has 0 saturated heterocycles. The first-order valence-corrected chi connectivity index (χ1v) is 12.0. The fourth-order valence-electron chi connectivity index (χ4n) is 3.24. The maximum atomic E-state index is 12.8. The van der Waals surface area contributed by atoms with Gasteiger partial charge in [-0.15, -0.1) is 0 Å². The number of nitrogens with zero attached hydrogens (tertiary/aromatic N) is 2. The molecule has 1 aromatic heterocycles. The molecule has 32 heavy (non-hydrogen) atoms. The molecule has 0 bridgehead atoms. The number of hydrogen-bond donors (Lipinski definition) is 2. The van der Waals surface area contributed by atoms with E-state index >= 15 is 0 Å². The molecule has 1 heterocycles. The van der Waals surface area contributed by atoms with Gasteiger partial charge in [0.25, 0.3) is 15.9 Å². The Morgan fingerprint density at radius 2 is 1.72 bits per heavy atom. The molecule has 3 aromatic rings. The summed E-state index contributed by atoms with van der Waals surface area (Å²) in [5, 5.41) is 6.95. The van der Waals surface area contributed by atoms with Crippen LogP contribution in [0.4, 0.5) is 5.69 Å². The highest BCUT2D eigenvalue weighted by Crippen LogP contribution is 2.38. The third kappa shape index (κ3) is 4.99. The monoisotopic (exact) mass is 454 g/mol. The van der Waals surface area contributed by atoms with E-state index in [2.05, 4.69) is 20.2 Å². The van der Waals surface area contributed by atoms with Crippen molar-refractivity contribution in [2.24, 2.45) is 5.92 Å². The number of anilines is 1. The van der Waals surface area contributed by atoms with Gasteiger partial charge < -0.3 is 9.84 Å². The Labute approximate surface area is 187 Å². The summed E-state index contributed by atoms with van der Waals surface area (Å²) in [6, 6.07) is 12.4. The van der Waals surface area contributed by atoms with Gasteiger partial charge in [0.1, 0.15) is 6.04 Å². The highest BCUT2D eigenvalue weighted by atomic mass is 32.2. The first kappa shape index (κ1) is 22.0. The van der Waals surface area contributed by atoms with Gasteiger partial charge in [0.2, 0.25) is 5.89 Å². The molecule has 1 aliphatic rings. The van der Waals surface area contributed by atoms with Crippen LogP contribution >= 0.6 is 0 Å². The average molecular weight is 455 g/mol. The molecule has 2 N–H and O–H groups in total. The Morgan fingerprint density at radius 3 is 2.31 bits per heavy atom. The highest BCUT2D eigenvalue weighted by molar-refractivity contribution is 7.92. The summed E-state index contributed by atoms with van der Waals surface area (Å²) >= 11 is 0. The molecule has 168 valence electrons. The van der Waals surface area contributed by atoms with Gasteiger partial charge in [-0.1, -0.05) is 36.7 Å². The summed E-state index contributed by atoms with van der Waals surface area (Å²) in [4.78, 5) is 17.3. The minimum atomic E-state index is -3.76. The lowest BCUT2D eigenvalue weighted by molar-refractivity contribution is 0.0914. The lowest BCUT2D eigenvalue weighted by Crippen LogP contribution is -2.32. The molecule has 1 aliphatic carbocycles. The van der Waals surface area contributed by atoms with Gasteiger partial charge in [0, 0.05) is 17.2 Å². The molecule has 0 spiro atoms. The van der Waals surface area contributed by atoms with Crippen LogP contribution in [0.1, 0.15) is 66.3 Å².